The van der Waals surface area contributed by atoms with Crippen molar-refractivity contribution in [1.29, 1.82) is 0 Å². The Kier molecular flexibility index (Phi) is 4.43. The maximum absolute atomic E-state index is 13.4. The molecule has 0 bridgehead atoms. The zero-order chi connectivity index (χ0) is 14.7. The molecule has 1 heterocycles. The molecule has 0 N–H and O–H groups in total. The third-order valence-corrected chi connectivity index (χ3v) is 2.08. The Morgan fingerprint density at radius 1 is 1.26 bits per heavy atom. The number of ether oxygens (including phenoxy) is 1. The van der Waals surface area contributed by atoms with Crippen molar-refractivity contribution in [1.82, 2.24) is 4.98 Å². The van der Waals surface area contributed by atoms with E-state index in [0.717, 1.165) is 6.07 Å². The molecule has 0 spiro atoms. The molecule has 0 radical (unpaired) electrons. The minimum absolute atomic E-state index is 0.236. The number of alkyl halides is 5. The summed E-state index contributed by atoms with van der Waals surface area (Å²) in [5, 5.41) is 0. The van der Waals surface area contributed by atoms with Crippen LogP contribution >= 0.6 is 0 Å². The lowest BCUT2D eigenvalue weighted by Crippen LogP contribution is -2.29. The van der Waals surface area contributed by atoms with Crippen molar-refractivity contribution in [3.63, 3.8) is 0 Å². The van der Waals surface area contributed by atoms with Gasteiger partial charge in [-0.15, -0.1) is 0 Å². The molecule has 3 nitrogen and oxygen atoms in total. The highest BCUT2D eigenvalue weighted by Gasteiger charge is 2.44. The van der Waals surface area contributed by atoms with Crippen LogP contribution in [0, 0.1) is 0 Å². The van der Waals surface area contributed by atoms with Crippen LogP contribution in [0.4, 0.5) is 22.0 Å². The lowest BCUT2D eigenvalue weighted by Gasteiger charge is -2.14. The molecule has 1 aromatic heterocycles. The first-order valence-corrected chi connectivity index (χ1v) is 5.24. The quantitative estimate of drug-likeness (QED) is 0.630. The molecule has 0 unspecified atom stereocenters. The molecule has 8 heteroatoms. The topological polar surface area (TPSA) is 39.2 Å². The molecule has 0 fully saturated rings. The lowest BCUT2D eigenvalue weighted by molar-refractivity contribution is -0.173. The SMILES string of the molecule is CCOC(=O)C(F)(F)c1ccc(CC(F)(F)F)cn1. The molecule has 1 aromatic rings. The summed E-state index contributed by atoms with van der Waals surface area (Å²) in [6.07, 6.45) is -5.06. The Morgan fingerprint density at radius 2 is 1.89 bits per heavy atom. The number of halogens is 5. The van der Waals surface area contributed by atoms with Gasteiger partial charge in [0, 0.05) is 6.20 Å². The highest BCUT2D eigenvalue weighted by Crippen LogP contribution is 2.28. The molecule has 0 amide bonds. The molecule has 1 rings (SSSR count). The fourth-order valence-corrected chi connectivity index (χ4v) is 1.27. The molecule has 0 aromatic carbocycles. The average molecular weight is 283 g/mol. The van der Waals surface area contributed by atoms with Crippen LogP contribution in [0.2, 0.25) is 0 Å². The monoisotopic (exact) mass is 283 g/mol. The van der Waals surface area contributed by atoms with E-state index in [1.54, 1.807) is 0 Å². The zero-order valence-corrected chi connectivity index (χ0v) is 9.80. The van der Waals surface area contributed by atoms with Gasteiger partial charge in [0.2, 0.25) is 0 Å². The van der Waals surface area contributed by atoms with Gasteiger partial charge >= 0.3 is 18.1 Å². The van der Waals surface area contributed by atoms with E-state index in [1.807, 2.05) is 0 Å². The first kappa shape index (κ1) is 15.3. The van der Waals surface area contributed by atoms with Gasteiger partial charge in [-0.25, -0.2) is 4.79 Å². The van der Waals surface area contributed by atoms with Crippen LogP contribution in [0.25, 0.3) is 0 Å². The Labute approximate surface area is 105 Å². The maximum Gasteiger partial charge on any atom is 0.393 e. The van der Waals surface area contributed by atoms with E-state index in [0.29, 0.717) is 12.3 Å². The zero-order valence-electron chi connectivity index (χ0n) is 9.80. The highest BCUT2D eigenvalue weighted by molar-refractivity contribution is 5.78. The Bertz CT molecular complexity index is 441. The summed E-state index contributed by atoms with van der Waals surface area (Å²) in [5.74, 6) is -5.77. The predicted octanol–water partition coefficient (Wildman–Crippen LogP) is 2.84. The van der Waals surface area contributed by atoms with Crippen LogP contribution in [-0.2, 0) is 21.9 Å². The Morgan fingerprint density at radius 3 is 2.32 bits per heavy atom. The largest absolute Gasteiger partial charge is 0.461 e. The first-order chi connectivity index (χ1) is 8.66. The van der Waals surface area contributed by atoms with E-state index in [4.69, 9.17) is 0 Å². The maximum atomic E-state index is 13.4. The summed E-state index contributed by atoms with van der Waals surface area (Å²) in [6, 6.07) is 1.53. The molecule has 0 atom stereocenters. The van der Waals surface area contributed by atoms with Crippen molar-refractivity contribution in [3.8, 4) is 0 Å². The summed E-state index contributed by atoms with van der Waals surface area (Å²) in [5.41, 5.74) is -1.22. The van der Waals surface area contributed by atoms with Crippen molar-refractivity contribution in [2.24, 2.45) is 0 Å². The van der Waals surface area contributed by atoms with Gasteiger partial charge in [0.05, 0.1) is 13.0 Å². The number of rotatable bonds is 4. The number of aromatic nitrogens is 1. The van der Waals surface area contributed by atoms with Crippen molar-refractivity contribution in [3.05, 3.63) is 29.6 Å². The van der Waals surface area contributed by atoms with Crippen LogP contribution in [0.5, 0.6) is 0 Å². The molecule has 0 aliphatic heterocycles. The fraction of sp³-hybridized carbons (Fsp3) is 0.455. The average Bonchev–Trinajstić information content (AvgIpc) is 2.27. The van der Waals surface area contributed by atoms with Crippen LogP contribution in [0.3, 0.4) is 0 Å². The van der Waals surface area contributed by atoms with Crippen molar-refractivity contribution < 1.29 is 31.5 Å². The van der Waals surface area contributed by atoms with Crippen LogP contribution in [0.1, 0.15) is 18.2 Å². The number of pyridine rings is 1. The van der Waals surface area contributed by atoms with Crippen LogP contribution in [-0.4, -0.2) is 23.7 Å². The number of hydrogen-bond acceptors (Lipinski definition) is 3. The summed E-state index contributed by atoms with van der Waals surface area (Å²) in [4.78, 5) is 14.2. The smallest absolute Gasteiger partial charge is 0.393 e. The highest BCUT2D eigenvalue weighted by atomic mass is 19.4. The standard InChI is InChI=1S/C11H10F5NO2/c1-2-19-9(18)11(15,16)8-4-3-7(6-17-8)5-10(12,13)14/h3-4,6H,2,5H2,1H3. The van der Waals surface area contributed by atoms with Gasteiger partial charge in [0.15, 0.2) is 0 Å². The van der Waals surface area contributed by atoms with E-state index in [2.05, 4.69) is 9.72 Å². The predicted molar refractivity (Wildman–Crippen MR) is 54.5 cm³/mol. The minimum Gasteiger partial charge on any atom is -0.461 e. The molecule has 0 aliphatic carbocycles. The van der Waals surface area contributed by atoms with E-state index in [-0.39, 0.29) is 12.2 Å². The molecular formula is C11H10F5NO2. The number of carbonyl (C=O) groups is 1. The van der Waals surface area contributed by atoms with Crippen LogP contribution < -0.4 is 0 Å². The third-order valence-electron chi connectivity index (χ3n) is 2.08. The fourth-order valence-electron chi connectivity index (χ4n) is 1.27. The second-order valence-electron chi connectivity index (χ2n) is 3.64. The van der Waals surface area contributed by atoms with E-state index >= 15 is 0 Å². The van der Waals surface area contributed by atoms with Crippen molar-refractivity contribution in [2.75, 3.05) is 6.61 Å². The van der Waals surface area contributed by atoms with Crippen molar-refractivity contribution >= 4 is 5.97 Å². The van der Waals surface area contributed by atoms with Crippen molar-refractivity contribution in [2.45, 2.75) is 25.4 Å². The van der Waals surface area contributed by atoms with Gasteiger partial charge in [0.1, 0.15) is 5.69 Å². The number of esters is 1. The second-order valence-corrected chi connectivity index (χ2v) is 3.64. The number of nitrogens with zero attached hydrogens (tertiary/aromatic N) is 1. The molecule has 0 saturated heterocycles. The van der Waals surface area contributed by atoms with Crippen LogP contribution in [0.15, 0.2) is 18.3 Å². The van der Waals surface area contributed by atoms with E-state index < -0.39 is 30.2 Å². The van der Waals surface area contributed by atoms with Gasteiger partial charge in [-0.05, 0) is 18.6 Å². The van der Waals surface area contributed by atoms with Gasteiger partial charge in [-0.3, -0.25) is 4.98 Å². The van der Waals surface area contributed by atoms with Gasteiger partial charge in [-0.1, -0.05) is 6.07 Å². The summed E-state index contributed by atoms with van der Waals surface area (Å²) < 4.78 is 67.2. The Hall–Kier alpha value is -1.73. The first-order valence-electron chi connectivity index (χ1n) is 5.24. The molecular weight excluding hydrogens is 273 g/mol. The van der Waals surface area contributed by atoms with Gasteiger partial charge in [-0.2, -0.15) is 22.0 Å². The normalized spacial score (nSPS) is 12.3. The van der Waals surface area contributed by atoms with E-state index in [9.17, 15) is 26.7 Å². The molecule has 19 heavy (non-hydrogen) atoms. The third kappa shape index (κ3) is 4.15. The number of hydrogen-bond donors (Lipinski definition) is 0. The van der Waals surface area contributed by atoms with Gasteiger partial charge < -0.3 is 4.74 Å². The molecule has 0 aliphatic rings. The summed E-state index contributed by atoms with van der Waals surface area (Å²) in [6.45, 7) is 1.12. The number of carbonyl (C=O) groups excluding carboxylic acids is 1. The second kappa shape index (κ2) is 5.50. The summed E-state index contributed by atoms with van der Waals surface area (Å²) >= 11 is 0. The minimum atomic E-state index is -4.45. The lowest BCUT2D eigenvalue weighted by atomic mass is 10.1. The Balaban J connectivity index is 2.89. The molecule has 0 saturated carbocycles. The summed E-state index contributed by atoms with van der Waals surface area (Å²) in [7, 11) is 0. The molecule has 106 valence electrons. The van der Waals surface area contributed by atoms with Gasteiger partial charge in [0.25, 0.3) is 0 Å². The van der Waals surface area contributed by atoms with E-state index in [1.165, 1.54) is 6.92 Å².